The summed E-state index contributed by atoms with van der Waals surface area (Å²) in [6.45, 7) is 0.406. The molecule has 10 heteroatoms. The number of nitrogens with zero attached hydrogens (tertiary/aromatic N) is 2. The molecule has 1 fully saturated rings. The lowest BCUT2D eigenvalue weighted by Crippen LogP contribution is -2.40. The van der Waals surface area contributed by atoms with Gasteiger partial charge in [0, 0.05) is 18.3 Å². The van der Waals surface area contributed by atoms with Gasteiger partial charge in [-0.05, 0) is 30.9 Å². The van der Waals surface area contributed by atoms with Crippen LogP contribution in [0.25, 0.3) is 0 Å². The van der Waals surface area contributed by atoms with E-state index in [4.69, 9.17) is 5.11 Å². The van der Waals surface area contributed by atoms with Gasteiger partial charge in [0.05, 0.1) is 16.2 Å². The first-order chi connectivity index (χ1) is 12.9. The van der Waals surface area contributed by atoms with Gasteiger partial charge in [-0.1, -0.05) is 17.8 Å². The molecule has 144 valence electrons. The van der Waals surface area contributed by atoms with E-state index in [2.05, 4.69) is 10.3 Å². The number of rotatable bonds is 7. The number of hydrogen-bond acceptors (Lipinski definition) is 5. The Morgan fingerprint density at radius 1 is 1.33 bits per heavy atom. The molecule has 1 saturated carbocycles. The molecule has 2 amide bonds. The first-order valence-corrected chi connectivity index (χ1v) is 10.1. The first-order valence-electron chi connectivity index (χ1n) is 8.26. The molecule has 0 atom stereocenters. The number of carboxylic acids is 1. The minimum atomic E-state index is -1.01. The molecule has 27 heavy (non-hydrogen) atoms. The zero-order valence-corrected chi connectivity index (χ0v) is 15.8. The summed E-state index contributed by atoms with van der Waals surface area (Å²) in [5, 5.41) is 11.7. The van der Waals surface area contributed by atoms with Crippen LogP contribution in [-0.4, -0.2) is 34.4 Å². The summed E-state index contributed by atoms with van der Waals surface area (Å²) in [5.41, 5.74) is 0.273. The molecule has 0 aliphatic heterocycles. The van der Waals surface area contributed by atoms with E-state index in [1.165, 1.54) is 17.2 Å². The van der Waals surface area contributed by atoms with Gasteiger partial charge in [0.1, 0.15) is 0 Å². The Bertz CT molecular complexity index is 843. The molecular formula is C17H17F2N3O3S2. The third-order valence-electron chi connectivity index (χ3n) is 4.16. The van der Waals surface area contributed by atoms with E-state index in [1.807, 2.05) is 0 Å². The van der Waals surface area contributed by atoms with E-state index in [0.717, 1.165) is 54.5 Å². The summed E-state index contributed by atoms with van der Waals surface area (Å²) in [7, 11) is 0. The number of carboxylic acid groups (broad SMARTS) is 1. The molecule has 1 aliphatic carbocycles. The van der Waals surface area contributed by atoms with Crippen LogP contribution in [0.3, 0.4) is 0 Å². The molecule has 0 unspecified atom stereocenters. The second-order valence-corrected chi connectivity index (χ2v) is 8.41. The van der Waals surface area contributed by atoms with Crippen LogP contribution in [0.5, 0.6) is 0 Å². The van der Waals surface area contributed by atoms with Gasteiger partial charge >= 0.3 is 12.0 Å². The van der Waals surface area contributed by atoms with Crippen molar-refractivity contribution in [2.45, 2.75) is 23.5 Å². The summed E-state index contributed by atoms with van der Waals surface area (Å²) >= 11 is 2.26. The van der Waals surface area contributed by atoms with Gasteiger partial charge in [-0.2, -0.15) is 0 Å². The highest BCUT2D eigenvalue weighted by Crippen LogP contribution is 2.31. The summed E-state index contributed by atoms with van der Waals surface area (Å²) in [6, 6.07) is 2.88. The highest BCUT2D eigenvalue weighted by Gasteiger charge is 2.26. The first kappa shape index (κ1) is 19.6. The number of urea groups is 1. The number of nitrogens with one attached hydrogen (secondary N) is 1. The van der Waals surface area contributed by atoms with E-state index in [9.17, 15) is 18.4 Å². The Hall–Kier alpha value is -2.20. The smallest absolute Gasteiger partial charge is 0.328 e. The van der Waals surface area contributed by atoms with E-state index in [0.29, 0.717) is 21.8 Å². The van der Waals surface area contributed by atoms with Gasteiger partial charge in [-0.3, -0.25) is 15.0 Å². The molecule has 2 N–H and O–H groups in total. The zero-order chi connectivity index (χ0) is 19.4. The number of benzene rings is 1. The van der Waals surface area contributed by atoms with Crippen molar-refractivity contribution < 1.29 is 23.5 Å². The van der Waals surface area contributed by atoms with Crippen molar-refractivity contribution in [3.05, 3.63) is 36.0 Å². The minimum absolute atomic E-state index is 0.0990. The van der Waals surface area contributed by atoms with Crippen LogP contribution in [0.2, 0.25) is 0 Å². The fourth-order valence-corrected chi connectivity index (χ4v) is 4.15. The number of amides is 2. The lowest BCUT2D eigenvalue weighted by Gasteiger charge is -2.32. The standard InChI is InChI=1S/C17H17F2N3O3S2/c18-12-5-4-11(6-13(12)19)22(8-10-2-1-3-10)17(25)21-16-20-7-15(27-16)26-9-14(23)24/h4-7,10H,1-3,8-9H2,(H,23,24)(H,20,21,25). The quantitative estimate of drug-likeness (QED) is 0.656. The van der Waals surface area contributed by atoms with Gasteiger partial charge in [0.15, 0.2) is 16.8 Å². The summed E-state index contributed by atoms with van der Waals surface area (Å²) < 4.78 is 27.5. The SMILES string of the molecule is O=C(O)CSc1cnc(NC(=O)N(CC2CCC2)c2ccc(F)c(F)c2)s1. The van der Waals surface area contributed by atoms with Crippen LogP contribution >= 0.6 is 23.1 Å². The second-order valence-electron chi connectivity index (χ2n) is 6.10. The highest BCUT2D eigenvalue weighted by molar-refractivity contribution is 8.01. The Morgan fingerprint density at radius 2 is 2.11 bits per heavy atom. The summed E-state index contributed by atoms with van der Waals surface area (Å²) in [6.07, 6.45) is 4.55. The fraction of sp³-hybridized carbons (Fsp3) is 0.353. The van der Waals surface area contributed by atoms with Crippen LogP contribution in [0.4, 0.5) is 24.4 Å². The highest BCUT2D eigenvalue weighted by atomic mass is 32.2. The predicted octanol–water partition coefficient (Wildman–Crippen LogP) is 4.44. The summed E-state index contributed by atoms with van der Waals surface area (Å²) in [4.78, 5) is 28.8. The van der Waals surface area contributed by atoms with Gasteiger partial charge < -0.3 is 5.11 Å². The van der Waals surface area contributed by atoms with Crippen molar-refractivity contribution >= 4 is 45.9 Å². The molecule has 1 aromatic heterocycles. The Morgan fingerprint density at radius 3 is 2.74 bits per heavy atom. The van der Waals surface area contributed by atoms with Gasteiger partial charge in [-0.15, -0.1) is 11.8 Å². The predicted molar refractivity (Wildman–Crippen MR) is 101 cm³/mol. The minimum Gasteiger partial charge on any atom is -0.481 e. The van der Waals surface area contributed by atoms with E-state index in [1.54, 1.807) is 0 Å². The van der Waals surface area contributed by atoms with Gasteiger partial charge in [-0.25, -0.2) is 18.6 Å². The van der Waals surface area contributed by atoms with Crippen LogP contribution in [0.15, 0.2) is 28.6 Å². The molecule has 1 aliphatic rings. The van der Waals surface area contributed by atoms with Crippen molar-refractivity contribution in [3.63, 3.8) is 0 Å². The molecule has 0 radical (unpaired) electrons. The van der Waals surface area contributed by atoms with E-state index < -0.39 is 23.6 Å². The zero-order valence-electron chi connectivity index (χ0n) is 14.2. The molecule has 3 rings (SSSR count). The molecule has 1 aromatic carbocycles. The van der Waals surface area contributed by atoms with Gasteiger partial charge in [0.2, 0.25) is 0 Å². The molecule has 1 heterocycles. The lowest BCUT2D eigenvalue weighted by atomic mass is 9.85. The number of thioether (sulfide) groups is 1. The van der Waals surface area contributed by atoms with Crippen molar-refractivity contribution in [1.82, 2.24) is 4.98 Å². The normalized spacial score (nSPS) is 13.9. The van der Waals surface area contributed by atoms with E-state index >= 15 is 0 Å². The van der Waals surface area contributed by atoms with Crippen molar-refractivity contribution in [2.24, 2.45) is 5.92 Å². The Balaban J connectivity index is 1.72. The molecule has 2 aromatic rings. The largest absolute Gasteiger partial charge is 0.481 e. The number of hydrogen-bond donors (Lipinski definition) is 2. The van der Waals surface area contributed by atoms with Crippen molar-refractivity contribution in [2.75, 3.05) is 22.5 Å². The molecule has 0 saturated heterocycles. The monoisotopic (exact) mass is 413 g/mol. The lowest BCUT2D eigenvalue weighted by molar-refractivity contribution is -0.133. The van der Waals surface area contributed by atoms with Gasteiger partial charge in [0.25, 0.3) is 0 Å². The maximum atomic E-state index is 13.6. The second kappa shape index (κ2) is 8.66. The number of anilines is 2. The van der Waals surface area contributed by atoms with Crippen LogP contribution in [-0.2, 0) is 4.79 Å². The number of aliphatic carboxylic acids is 1. The van der Waals surface area contributed by atoms with Crippen molar-refractivity contribution in [1.29, 1.82) is 0 Å². The van der Waals surface area contributed by atoms with Crippen LogP contribution < -0.4 is 10.2 Å². The van der Waals surface area contributed by atoms with Crippen molar-refractivity contribution in [3.8, 4) is 0 Å². The maximum Gasteiger partial charge on any atom is 0.328 e. The number of carbonyl (C=O) groups is 2. The Kier molecular flexibility index (Phi) is 6.27. The number of carbonyl (C=O) groups excluding carboxylic acids is 1. The third kappa shape index (κ3) is 5.16. The van der Waals surface area contributed by atoms with Crippen LogP contribution in [0, 0.1) is 17.6 Å². The topological polar surface area (TPSA) is 82.5 Å². The maximum absolute atomic E-state index is 13.6. The third-order valence-corrected chi connectivity index (χ3v) is 6.25. The number of aromatic nitrogens is 1. The Labute approximate surface area is 162 Å². The van der Waals surface area contributed by atoms with Crippen LogP contribution in [0.1, 0.15) is 19.3 Å². The molecule has 0 bridgehead atoms. The molecular weight excluding hydrogens is 396 g/mol. The number of thiazole rings is 1. The summed E-state index contributed by atoms with van der Waals surface area (Å²) in [5.74, 6) is -2.70. The van der Waals surface area contributed by atoms with E-state index in [-0.39, 0.29) is 11.4 Å². The molecule has 6 nitrogen and oxygen atoms in total. The fourth-order valence-electron chi connectivity index (χ4n) is 2.57. The average Bonchev–Trinajstić information content (AvgIpc) is 3.02. The molecule has 0 spiro atoms. The number of halogens is 2. The average molecular weight is 413 g/mol.